The normalized spacial score (nSPS) is 12.3. The fourth-order valence-electron chi connectivity index (χ4n) is 3.15. The SMILES string of the molecule is CCn1cc(C[C@H](NC(=O)OC(C)(C)C)c2nc(-c3ccc(NC(=O)O)cc3)c(Cl)[nH]2)cn1. The summed E-state index contributed by atoms with van der Waals surface area (Å²) < 4.78 is 7.22. The van der Waals surface area contributed by atoms with Crippen LogP contribution in [0.1, 0.15) is 45.1 Å². The minimum absolute atomic E-state index is 0.296. The van der Waals surface area contributed by atoms with Crippen molar-refractivity contribution in [3.63, 3.8) is 0 Å². The molecule has 0 bridgehead atoms. The Kier molecular flexibility index (Phi) is 7.27. The van der Waals surface area contributed by atoms with Gasteiger partial charge in [0, 0.05) is 30.4 Å². The van der Waals surface area contributed by atoms with E-state index in [9.17, 15) is 9.59 Å². The number of aromatic nitrogens is 4. The Bertz CT molecular complexity index is 1120. The summed E-state index contributed by atoms with van der Waals surface area (Å²) in [6, 6.07) is 6.10. The van der Waals surface area contributed by atoms with Crippen molar-refractivity contribution < 1.29 is 19.4 Å². The highest BCUT2D eigenvalue weighted by atomic mass is 35.5. The molecule has 1 aromatic carbocycles. The predicted octanol–water partition coefficient (Wildman–Crippen LogP) is 4.84. The molecule has 0 saturated heterocycles. The minimum atomic E-state index is -1.15. The molecule has 3 rings (SSSR count). The van der Waals surface area contributed by atoms with E-state index in [1.807, 2.05) is 13.1 Å². The van der Waals surface area contributed by atoms with Gasteiger partial charge in [-0.15, -0.1) is 0 Å². The molecule has 0 spiro atoms. The van der Waals surface area contributed by atoms with Crippen molar-refractivity contribution in [1.82, 2.24) is 25.1 Å². The molecule has 0 unspecified atom stereocenters. The Balaban J connectivity index is 1.87. The summed E-state index contributed by atoms with van der Waals surface area (Å²) in [5, 5.41) is 18.6. The first-order valence-electron chi connectivity index (χ1n) is 10.4. The maximum absolute atomic E-state index is 12.5. The molecule has 0 saturated carbocycles. The van der Waals surface area contributed by atoms with E-state index in [-0.39, 0.29) is 0 Å². The third kappa shape index (κ3) is 6.72. The smallest absolute Gasteiger partial charge is 0.409 e. The summed E-state index contributed by atoms with van der Waals surface area (Å²) >= 11 is 6.43. The van der Waals surface area contributed by atoms with Crippen LogP contribution in [0.4, 0.5) is 15.3 Å². The van der Waals surface area contributed by atoms with Crippen LogP contribution in [0.15, 0.2) is 36.7 Å². The molecule has 4 N–H and O–H groups in total. The summed E-state index contributed by atoms with van der Waals surface area (Å²) in [5.41, 5.74) is 1.85. The van der Waals surface area contributed by atoms with Crippen molar-refractivity contribution in [2.24, 2.45) is 0 Å². The summed E-state index contributed by atoms with van der Waals surface area (Å²) in [5.74, 6) is 0.456. The molecular formula is C22H27ClN6O4. The van der Waals surface area contributed by atoms with E-state index < -0.39 is 23.8 Å². The maximum atomic E-state index is 12.5. The number of nitrogens with one attached hydrogen (secondary N) is 3. The second kappa shape index (κ2) is 9.95. The molecule has 2 aromatic heterocycles. The maximum Gasteiger partial charge on any atom is 0.409 e. The molecular weight excluding hydrogens is 448 g/mol. The standard InChI is InChI=1S/C22H27ClN6O4/c1-5-29-12-13(11-24-29)10-16(26-21(32)33-22(2,3)4)19-27-17(18(23)28-19)14-6-8-15(9-7-14)25-20(30)31/h6-9,11-12,16,25H,5,10H2,1-4H3,(H,26,32)(H,27,28)(H,30,31)/t16-/m0/s1. The number of nitrogens with zero attached hydrogens (tertiary/aromatic N) is 3. The van der Waals surface area contributed by atoms with E-state index in [0.29, 0.717) is 34.3 Å². The number of amides is 2. The molecule has 0 aliphatic heterocycles. The lowest BCUT2D eigenvalue weighted by molar-refractivity contribution is 0.0501. The molecule has 0 aliphatic rings. The van der Waals surface area contributed by atoms with Crippen LogP contribution in [0.3, 0.4) is 0 Å². The largest absolute Gasteiger partial charge is 0.465 e. The van der Waals surface area contributed by atoms with Gasteiger partial charge in [0.05, 0.1) is 12.2 Å². The number of carboxylic acid groups (broad SMARTS) is 1. The number of benzene rings is 1. The number of carbonyl (C=O) groups is 2. The van der Waals surface area contributed by atoms with Crippen LogP contribution in [0, 0.1) is 0 Å². The molecule has 33 heavy (non-hydrogen) atoms. The number of imidazole rings is 1. The number of aromatic amines is 1. The number of aryl methyl sites for hydroxylation is 1. The topological polar surface area (TPSA) is 134 Å². The Hall–Kier alpha value is -3.53. The van der Waals surface area contributed by atoms with Crippen molar-refractivity contribution in [3.8, 4) is 11.3 Å². The number of ether oxygens (including phenoxy) is 1. The molecule has 0 radical (unpaired) electrons. The monoisotopic (exact) mass is 474 g/mol. The van der Waals surface area contributed by atoms with E-state index in [0.717, 1.165) is 12.1 Å². The number of rotatable bonds is 7. The quantitative estimate of drug-likeness (QED) is 0.387. The molecule has 11 heteroatoms. The van der Waals surface area contributed by atoms with Crippen LogP contribution in [0.25, 0.3) is 11.3 Å². The zero-order valence-electron chi connectivity index (χ0n) is 18.8. The highest BCUT2D eigenvalue weighted by molar-refractivity contribution is 6.31. The van der Waals surface area contributed by atoms with Gasteiger partial charge in [-0.2, -0.15) is 5.10 Å². The van der Waals surface area contributed by atoms with Gasteiger partial charge < -0.3 is 20.1 Å². The molecule has 3 aromatic rings. The second-order valence-electron chi connectivity index (χ2n) is 8.40. The van der Waals surface area contributed by atoms with E-state index in [2.05, 4.69) is 25.7 Å². The van der Waals surface area contributed by atoms with Crippen molar-refractivity contribution in [1.29, 1.82) is 0 Å². The van der Waals surface area contributed by atoms with Crippen molar-refractivity contribution in [2.75, 3.05) is 5.32 Å². The third-order valence-electron chi connectivity index (χ3n) is 4.56. The minimum Gasteiger partial charge on any atom is -0.465 e. The molecule has 176 valence electrons. The Labute approximate surface area is 196 Å². The summed E-state index contributed by atoms with van der Waals surface area (Å²) in [7, 11) is 0. The van der Waals surface area contributed by atoms with Crippen LogP contribution in [0.5, 0.6) is 0 Å². The van der Waals surface area contributed by atoms with Gasteiger partial charge in [-0.3, -0.25) is 10.00 Å². The third-order valence-corrected chi connectivity index (χ3v) is 4.83. The first-order valence-corrected chi connectivity index (χ1v) is 10.8. The average Bonchev–Trinajstić information content (AvgIpc) is 3.32. The molecule has 0 fully saturated rings. The van der Waals surface area contributed by atoms with E-state index in [1.165, 1.54) is 0 Å². The van der Waals surface area contributed by atoms with Gasteiger partial charge in [0.2, 0.25) is 0 Å². The van der Waals surface area contributed by atoms with Gasteiger partial charge >= 0.3 is 12.2 Å². The highest BCUT2D eigenvalue weighted by Gasteiger charge is 2.25. The highest BCUT2D eigenvalue weighted by Crippen LogP contribution is 2.29. The fourth-order valence-corrected chi connectivity index (χ4v) is 3.39. The van der Waals surface area contributed by atoms with Crippen LogP contribution < -0.4 is 10.6 Å². The summed E-state index contributed by atoms with van der Waals surface area (Å²) in [6.07, 6.45) is 2.35. The van der Waals surface area contributed by atoms with Crippen molar-refractivity contribution >= 4 is 29.5 Å². The fraction of sp³-hybridized carbons (Fsp3) is 0.364. The van der Waals surface area contributed by atoms with Gasteiger partial charge in [-0.25, -0.2) is 14.6 Å². The number of alkyl carbamates (subject to hydrolysis) is 1. The number of H-pyrrole nitrogens is 1. The average molecular weight is 475 g/mol. The Morgan fingerprint density at radius 3 is 2.55 bits per heavy atom. The van der Waals surface area contributed by atoms with Gasteiger partial charge in [0.25, 0.3) is 0 Å². The van der Waals surface area contributed by atoms with Crippen LogP contribution in [-0.2, 0) is 17.7 Å². The van der Waals surface area contributed by atoms with Gasteiger partial charge in [-0.05, 0) is 45.4 Å². The van der Waals surface area contributed by atoms with E-state index in [4.69, 9.17) is 21.4 Å². The Morgan fingerprint density at radius 2 is 1.97 bits per heavy atom. The number of hydrogen-bond donors (Lipinski definition) is 4. The van der Waals surface area contributed by atoms with Crippen LogP contribution in [-0.4, -0.2) is 42.6 Å². The van der Waals surface area contributed by atoms with Gasteiger partial charge in [0.15, 0.2) is 0 Å². The number of halogens is 1. The number of hydrogen-bond acceptors (Lipinski definition) is 5. The summed E-state index contributed by atoms with van der Waals surface area (Å²) in [6.45, 7) is 8.09. The van der Waals surface area contributed by atoms with Crippen molar-refractivity contribution in [3.05, 3.63) is 53.2 Å². The summed E-state index contributed by atoms with van der Waals surface area (Å²) in [4.78, 5) is 31.0. The Morgan fingerprint density at radius 1 is 1.27 bits per heavy atom. The number of carbonyl (C=O) groups excluding carboxylic acids is 1. The van der Waals surface area contributed by atoms with E-state index >= 15 is 0 Å². The molecule has 2 amide bonds. The van der Waals surface area contributed by atoms with Crippen LogP contribution >= 0.6 is 11.6 Å². The number of anilines is 1. The van der Waals surface area contributed by atoms with Gasteiger partial charge in [-0.1, -0.05) is 23.7 Å². The second-order valence-corrected chi connectivity index (χ2v) is 8.78. The lowest BCUT2D eigenvalue weighted by Gasteiger charge is -2.22. The van der Waals surface area contributed by atoms with Gasteiger partial charge in [0.1, 0.15) is 22.3 Å². The zero-order valence-corrected chi connectivity index (χ0v) is 19.6. The van der Waals surface area contributed by atoms with Crippen molar-refractivity contribution in [2.45, 2.75) is 52.3 Å². The van der Waals surface area contributed by atoms with Crippen LogP contribution in [0.2, 0.25) is 5.15 Å². The lowest BCUT2D eigenvalue weighted by atomic mass is 10.1. The molecule has 2 heterocycles. The first kappa shape index (κ1) is 24.1. The van der Waals surface area contributed by atoms with E-state index in [1.54, 1.807) is 55.9 Å². The first-order chi connectivity index (χ1) is 15.5. The molecule has 1 atom stereocenters. The molecule has 0 aliphatic carbocycles. The lowest BCUT2D eigenvalue weighted by Crippen LogP contribution is -2.36. The molecule has 10 nitrogen and oxygen atoms in total. The predicted molar refractivity (Wildman–Crippen MR) is 124 cm³/mol. The zero-order chi connectivity index (χ0) is 24.2.